The molecule has 0 aromatic heterocycles. The summed E-state index contributed by atoms with van der Waals surface area (Å²) in [5.74, 6) is 3.00. The Hall–Kier alpha value is -1.20. The first-order valence-corrected chi connectivity index (χ1v) is 8.76. The van der Waals surface area contributed by atoms with Crippen LogP contribution in [0.15, 0.2) is 35.3 Å². The van der Waals surface area contributed by atoms with Gasteiger partial charge in [0.1, 0.15) is 0 Å². The summed E-state index contributed by atoms with van der Waals surface area (Å²) in [5.41, 5.74) is 7.31. The van der Waals surface area contributed by atoms with Crippen LogP contribution in [0.1, 0.15) is 12.0 Å². The third-order valence-electron chi connectivity index (χ3n) is 3.43. The monoisotopic (exact) mass is 307 g/mol. The lowest BCUT2D eigenvalue weighted by atomic mass is 10.2. The smallest absolute Gasteiger partial charge is 0.191 e. The summed E-state index contributed by atoms with van der Waals surface area (Å²) in [6.45, 7) is 4.31. The van der Waals surface area contributed by atoms with Crippen LogP contribution in [0.2, 0.25) is 0 Å². The van der Waals surface area contributed by atoms with E-state index >= 15 is 0 Å². The fourth-order valence-corrected chi connectivity index (χ4v) is 3.09. The third-order valence-corrected chi connectivity index (χ3v) is 4.38. The molecular formula is C16H25N3OS. The van der Waals surface area contributed by atoms with Crippen molar-refractivity contribution in [3.05, 3.63) is 35.9 Å². The quantitative estimate of drug-likeness (QED) is 0.475. The Balaban J connectivity index is 1.51. The van der Waals surface area contributed by atoms with Gasteiger partial charge in [-0.25, -0.2) is 0 Å². The topological polar surface area (TPSA) is 50.9 Å². The Bertz CT molecular complexity index is 419. The molecular weight excluding hydrogens is 282 g/mol. The van der Waals surface area contributed by atoms with Crippen LogP contribution in [-0.4, -0.2) is 55.2 Å². The van der Waals surface area contributed by atoms with Gasteiger partial charge >= 0.3 is 0 Å². The molecule has 0 radical (unpaired) electrons. The number of aliphatic imine (C=N–C) groups is 1. The molecule has 1 fully saturated rings. The highest BCUT2D eigenvalue weighted by atomic mass is 32.2. The Morgan fingerprint density at radius 1 is 1.19 bits per heavy atom. The number of ether oxygens (including phenoxy) is 1. The van der Waals surface area contributed by atoms with Crippen LogP contribution in [0.4, 0.5) is 0 Å². The van der Waals surface area contributed by atoms with Gasteiger partial charge < -0.3 is 15.4 Å². The normalized spacial score (nSPS) is 16.2. The molecule has 0 aliphatic carbocycles. The first-order valence-electron chi connectivity index (χ1n) is 7.60. The second-order valence-corrected chi connectivity index (χ2v) is 6.27. The fraction of sp³-hybridized carbons (Fsp3) is 0.562. The maximum absolute atomic E-state index is 5.99. The molecule has 5 heteroatoms. The van der Waals surface area contributed by atoms with Gasteiger partial charge in [-0.3, -0.25) is 4.99 Å². The number of nitrogens with zero attached hydrogens (tertiary/aromatic N) is 2. The van der Waals surface area contributed by atoms with E-state index < -0.39 is 0 Å². The van der Waals surface area contributed by atoms with Crippen molar-refractivity contribution < 1.29 is 4.74 Å². The summed E-state index contributed by atoms with van der Waals surface area (Å²) < 4.78 is 5.64. The average Bonchev–Trinajstić information content (AvgIpc) is 2.55. The van der Waals surface area contributed by atoms with Crippen molar-refractivity contribution in [2.75, 3.05) is 44.4 Å². The molecule has 1 saturated heterocycles. The van der Waals surface area contributed by atoms with Crippen molar-refractivity contribution in [2.45, 2.75) is 12.8 Å². The van der Waals surface area contributed by atoms with Gasteiger partial charge in [-0.05, 0) is 18.4 Å². The van der Waals surface area contributed by atoms with E-state index in [1.165, 1.54) is 5.56 Å². The first kappa shape index (κ1) is 16.2. The van der Waals surface area contributed by atoms with Gasteiger partial charge in [0.25, 0.3) is 0 Å². The Morgan fingerprint density at radius 2 is 1.95 bits per heavy atom. The van der Waals surface area contributed by atoms with Crippen molar-refractivity contribution in [3.63, 3.8) is 0 Å². The summed E-state index contributed by atoms with van der Waals surface area (Å²) in [7, 11) is 0. The number of hydrogen-bond donors (Lipinski definition) is 1. The van der Waals surface area contributed by atoms with E-state index in [0.29, 0.717) is 5.96 Å². The second kappa shape index (κ2) is 9.68. The van der Waals surface area contributed by atoms with Crippen molar-refractivity contribution in [2.24, 2.45) is 10.7 Å². The van der Waals surface area contributed by atoms with Crippen LogP contribution >= 0.6 is 11.8 Å². The minimum Gasteiger partial charge on any atom is -0.381 e. The van der Waals surface area contributed by atoms with Crippen molar-refractivity contribution in [3.8, 4) is 0 Å². The highest BCUT2D eigenvalue weighted by molar-refractivity contribution is 7.99. The van der Waals surface area contributed by atoms with Gasteiger partial charge in [-0.2, -0.15) is 11.8 Å². The van der Waals surface area contributed by atoms with Gasteiger partial charge in [0.2, 0.25) is 0 Å². The molecule has 0 amide bonds. The molecule has 2 N–H and O–H groups in total. The molecule has 0 saturated carbocycles. The van der Waals surface area contributed by atoms with E-state index in [4.69, 9.17) is 10.5 Å². The number of guanidine groups is 1. The van der Waals surface area contributed by atoms with E-state index in [0.717, 1.165) is 57.2 Å². The average molecular weight is 307 g/mol. The lowest BCUT2D eigenvalue weighted by molar-refractivity contribution is 0.136. The summed E-state index contributed by atoms with van der Waals surface area (Å²) in [5, 5.41) is 0. The summed E-state index contributed by atoms with van der Waals surface area (Å²) in [6, 6.07) is 10.4. The maximum Gasteiger partial charge on any atom is 0.191 e. The highest BCUT2D eigenvalue weighted by Gasteiger charge is 2.11. The SMILES string of the molecule is NC(=NCCCOCCc1ccccc1)N1CCSCC1. The molecule has 2 rings (SSSR count). The van der Waals surface area contributed by atoms with Crippen LogP contribution in [0.3, 0.4) is 0 Å². The molecule has 1 aromatic carbocycles. The lowest BCUT2D eigenvalue weighted by Gasteiger charge is -2.27. The number of hydrogen-bond acceptors (Lipinski definition) is 3. The van der Waals surface area contributed by atoms with Crippen LogP contribution < -0.4 is 5.73 Å². The van der Waals surface area contributed by atoms with E-state index in [2.05, 4.69) is 34.2 Å². The predicted molar refractivity (Wildman–Crippen MR) is 91.0 cm³/mol. The molecule has 1 heterocycles. The third kappa shape index (κ3) is 6.40. The number of nitrogens with two attached hydrogens (primary N) is 1. The Morgan fingerprint density at radius 3 is 2.71 bits per heavy atom. The molecule has 1 aliphatic heterocycles. The van der Waals surface area contributed by atoms with Gasteiger partial charge in [-0.1, -0.05) is 30.3 Å². The van der Waals surface area contributed by atoms with Crippen LogP contribution in [-0.2, 0) is 11.2 Å². The predicted octanol–water partition coefficient (Wildman–Crippen LogP) is 2.00. The maximum atomic E-state index is 5.99. The Kier molecular flexibility index (Phi) is 7.46. The summed E-state index contributed by atoms with van der Waals surface area (Å²) in [6.07, 6.45) is 1.90. The van der Waals surface area contributed by atoms with Crippen LogP contribution in [0.25, 0.3) is 0 Å². The minimum atomic E-state index is 0.694. The molecule has 1 aliphatic rings. The van der Waals surface area contributed by atoms with Crippen LogP contribution in [0, 0.1) is 0 Å². The van der Waals surface area contributed by atoms with E-state index in [1.807, 2.05) is 17.8 Å². The van der Waals surface area contributed by atoms with Crippen molar-refractivity contribution in [1.82, 2.24) is 4.90 Å². The fourth-order valence-electron chi connectivity index (χ4n) is 2.19. The highest BCUT2D eigenvalue weighted by Crippen LogP contribution is 2.08. The van der Waals surface area contributed by atoms with Gasteiger partial charge in [0, 0.05) is 37.7 Å². The van der Waals surface area contributed by atoms with E-state index in [1.54, 1.807) is 0 Å². The van der Waals surface area contributed by atoms with Gasteiger partial charge in [-0.15, -0.1) is 0 Å². The minimum absolute atomic E-state index is 0.694. The van der Waals surface area contributed by atoms with Gasteiger partial charge in [0.05, 0.1) is 6.61 Å². The zero-order valence-corrected chi connectivity index (χ0v) is 13.4. The second-order valence-electron chi connectivity index (χ2n) is 5.04. The molecule has 0 spiro atoms. The zero-order valence-electron chi connectivity index (χ0n) is 12.5. The molecule has 4 nitrogen and oxygen atoms in total. The van der Waals surface area contributed by atoms with E-state index in [-0.39, 0.29) is 0 Å². The standard InChI is InChI=1S/C16H25N3OS/c17-16(19-9-13-21-14-10-19)18-8-4-11-20-12-7-15-5-2-1-3-6-15/h1-3,5-6H,4,7-14H2,(H2,17,18). The Labute approximate surface area is 131 Å². The van der Waals surface area contributed by atoms with Crippen LogP contribution in [0.5, 0.6) is 0 Å². The molecule has 21 heavy (non-hydrogen) atoms. The summed E-state index contributed by atoms with van der Waals surface area (Å²) in [4.78, 5) is 6.61. The number of rotatable bonds is 7. The molecule has 1 aromatic rings. The lowest BCUT2D eigenvalue weighted by Crippen LogP contribution is -2.42. The van der Waals surface area contributed by atoms with Gasteiger partial charge in [0.15, 0.2) is 5.96 Å². The van der Waals surface area contributed by atoms with E-state index in [9.17, 15) is 0 Å². The molecule has 0 unspecified atom stereocenters. The molecule has 0 atom stereocenters. The summed E-state index contributed by atoms with van der Waals surface area (Å²) >= 11 is 1.98. The van der Waals surface area contributed by atoms with Crippen molar-refractivity contribution >= 4 is 17.7 Å². The zero-order chi connectivity index (χ0) is 14.8. The largest absolute Gasteiger partial charge is 0.381 e. The number of benzene rings is 1. The van der Waals surface area contributed by atoms with Crippen molar-refractivity contribution in [1.29, 1.82) is 0 Å². The number of thioether (sulfide) groups is 1. The molecule has 116 valence electrons. The first-order chi connectivity index (χ1) is 10.4. The molecule has 0 bridgehead atoms.